The third-order valence-corrected chi connectivity index (χ3v) is 5.36. The van der Waals surface area contributed by atoms with E-state index >= 15 is 0 Å². The fourth-order valence-electron chi connectivity index (χ4n) is 3.04. The molecule has 1 aromatic heterocycles. The number of aliphatic hydroxyl groups is 1. The molecule has 5 nitrogen and oxygen atoms in total. The minimum absolute atomic E-state index is 0.101. The molecule has 26 heavy (non-hydrogen) atoms. The van der Waals surface area contributed by atoms with E-state index in [-0.39, 0.29) is 17.7 Å². The van der Waals surface area contributed by atoms with Gasteiger partial charge in [0.1, 0.15) is 0 Å². The highest BCUT2D eigenvalue weighted by molar-refractivity contribution is 6.20. The first-order valence-corrected chi connectivity index (χ1v) is 9.83. The standard InChI is InChI=1S/C20H33ClN2O3/c1-5-16(21)8-6-7-15-10-17(23-12-14(15)4)11-20(26,19(24)25)18(22)9-13(2)3/h10,12-13,16,18,26H,5-9,11,22H2,1-4H3,(H,24,25)/t16?,18-,20+/m0/s1. The lowest BCUT2D eigenvalue weighted by atomic mass is 9.84. The predicted molar refractivity (Wildman–Crippen MR) is 106 cm³/mol. The lowest BCUT2D eigenvalue weighted by molar-refractivity contribution is -0.161. The van der Waals surface area contributed by atoms with Gasteiger partial charge < -0.3 is 15.9 Å². The summed E-state index contributed by atoms with van der Waals surface area (Å²) in [6, 6.07) is 1.04. The number of rotatable bonds is 11. The third-order valence-electron chi connectivity index (χ3n) is 4.84. The molecule has 6 heteroatoms. The number of carboxylic acids is 1. The molecule has 0 aliphatic carbocycles. The fraction of sp³-hybridized carbons (Fsp3) is 0.700. The number of carbonyl (C=O) groups is 1. The molecular weight excluding hydrogens is 352 g/mol. The molecule has 0 aliphatic rings. The molecule has 0 saturated carbocycles. The van der Waals surface area contributed by atoms with E-state index in [9.17, 15) is 15.0 Å². The molecular formula is C20H33ClN2O3. The van der Waals surface area contributed by atoms with Gasteiger partial charge in [-0.15, -0.1) is 11.6 Å². The quantitative estimate of drug-likeness (QED) is 0.507. The monoisotopic (exact) mass is 384 g/mol. The zero-order chi connectivity index (χ0) is 19.9. The highest BCUT2D eigenvalue weighted by Gasteiger charge is 2.43. The second kappa shape index (κ2) is 10.2. The van der Waals surface area contributed by atoms with Crippen molar-refractivity contribution in [2.75, 3.05) is 0 Å². The maximum absolute atomic E-state index is 11.7. The summed E-state index contributed by atoms with van der Waals surface area (Å²) in [6.45, 7) is 7.95. The smallest absolute Gasteiger partial charge is 0.337 e. The third kappa shape index (κ3) is 6.53. The molecule has 3 atom stereocenters. The SMILES string of the molecule is CCC(Cl)CCCc1cc(C[C@](O)(C(=O)O)[C@@H](N)CC(C)C)ncc1C. The van der Waals surface area contributed by atoms with Gasteiger partial charge in [-0.25, -0.2) is 4.79 Å². The highest BCUT2D eigenvalue weighted by Crippen LogP contribution is 2.23. The Morgan fingerprint density at radius 1 is 1.42 bits per heavy atom. The molecule has 1 rings (SSSR count). The lowest BCUT2D eigenvalue weighted by Gasteiger charge is -2.30. The number of aryl methyl sites for hydroxylation is 2. The Morgan fingerprint density at radius 2 is 2.08 bits per heavy atom. The first-order valence-electron chi connectivity index (χ1n) is 9.39. The largest absolute Gasteiger partial charge is 0.479 e. The maximum Gasteiger partial charge on any atom is 0.337 e. The van der Waals surface area contributed by atoms with Crippen molar-refractivity contribution in [2.24, 2.45) is 11.7 Å². The number of aromatic nitrogens is 1. The molecule has 0 radical (unpaired) electrons. The van der Waals surface area contributed by atoms with E-state index in [2.05, 4.69) is 11.9 Å². The number of pyridine rings is 1. The maximum atomic E-state index is 11.7. The highest BCUT2D eigenvalue weighted by atomic mass is 35.5. The Bertz CT molecular complexity index is 594. The number of aliphatic carboxylic acids is 1. The Balaban J connectivity index is 2.93. The van der Waals surface area contributed by atoms with Gasteiger partial charge in [-0.1, -0.05) is 20.8 Å². The van der Waals surface area contributed by atoms with Crippen LogP contribution in [-0.2, 0) is 17.6 Å². The average molecular weight is 385 g/mol. The van der Waals surface area contributed by atoms with Crippen LogP contribution in [0.2, 0.25) is 0 Å². The van der Waals surface area contributed by atoms with Crippen molar-refractivity contribution in [1.29, 1.82) is 0 Å². The van der Waals surface area contributed by atoms with Gasteiger partial charge in [0.05, 0.1) is 0 Å². The number of nitrogens with two attached hydrogens (primary N) is 1. The Labute approximate surface area is 162 Å². The van der Waals surface area contributed by atoms with Gasteiger partial charge in [0, 0.05) is 29.7 Å². The molecule has 0 bridgehead atoms. The number of carboxylic acid groups (broad SMARTS) is 1. The van der Waals surface area contributed by atoms with Gasteiger partial charge >= 0.3 is 5.97 Å². The first-order chi connectivity index (χ1) is 12.1. The molecule has 1 heterocycles. The number of hydrogen-bond acceptors (Lipinski definition) is 4. The Morgan fingerprint density at radius 3 is 2.62 bits per heavy atom. The summed E-state index contributed by atoms with van der Waals surface area (Å²) >= 11 is 6.18. The number of nitrogens with zero attached hydrogens (tertiary/aromatic N) is 1. The molecule has 1 unspecified atom stereocenters. The second-order valence-corrected chi connectivity index (χ2v) is 8.26. The van der Waals surface area contributed by atoms with Crippen LogP contribution in [0.1, 0.15) is 63.3 Å². The van der Waals surface area contributed by atoms with E-state index in [1.807, 2.05) is 26.8 Å². The van der Waals surface area contributed by atoms with Crippen molar-refractivity contribution < 1.29 is 15.0 Å². The van der Waals surface area contributed by atoms with Crippen LogP contribution in [0.25, 0.3) is 0 Å². The summed E-state index contributed by atoms with van der Waals surface area (Å²) in [5, 5.41) is 20.5. The van der Waals surface area contributed by atoms with E-state index < -0.39 is 17.6 Å². The average Bonchev–Trinajstić information content (AvgIpc) is 2.56. The minimum atomic E-state index is -2.02. The zero-order valence-corrected chi connectivity index (χ0v) is 17.1. The van der Waals surface area contributed by atoms with Gasteiger partial charge in [0.15, 0.2) is 5.60 Å². The molecule has 148 valence electrons. The summed E-state index contributed by atoms with van der Waals surface area (Å²) in [5.74, 6) is -1.11. The van der Waals surface area contributed by atoms with Gasteiger partial charge in [0.2, 0.25) is 0 Å². The van der Waals surface area contributed by atoms with Crippen LogP contribution >= 0.6 is 11.6 Å². The Hall–Kier alpha value is -1.17. The fourth-order valence-corrected chi connectivity index (χ4v) is 3.20. The van der Waals surface area contributed by atoms with E-state index in [1.54, 1.807) is 6.20 Å². The van der Waals surface area contributed by atoms with Crippen LogP contribution < -0.4 is 5.73 Å². The Kier molecular flexibility index (Phi) is 9.01. The number of halogens is 1. The molecule has 0 saturated heterocycles. The molecule has 0 aromatic carbocycles. The van der Waals surface area contributed by atoms with E-state index in [0.717, 1.165) is 36.8 Å². The van der Waals surface area contributed by atoms with Crippen LogP contribution in [0.3, 0.4) is 0 Å². The summed E-state index contributed by atoms with van der Waals surface area (Å²) in [6.07, 6.45) is 5.76. The summed E-state index contributed by atoms with van der Waals surface area (Å²) in [5.41, 5.74) is 6.72. The van der Waals surface area contributed by atoms with Gasteiger partial charge in [-0.3, -0.25) is 4.98 Å². The van der Waals surface area contributed by atoms with Crippen LogP contribution in [0.5, 0.6) is 0 Å². The van der Waals surface area contributed by atoms with Crippen molar-refractivity contribution in [1.82, 2.24) is 4.98 Å². The van der Waals surface area contributed by atoms with Crippen LogP contribution in [0, 0.1) is 12.8 Å². The van der Waals surface area contributed by atoms with E-state index in [4.69, 9.17) is 17.3 Å². The van der Waals surface area contributed by atoms with Crippen LogP contribution in [0.4, 0.5) is 0 Å². The molecule has 0 fully saturated rings. The van der Waals surface area contributed by atoms with E-state index in [1.165, 1.54) is 0 Å². The van der Waals surface area contributed by atoms with E-state index in [0.29, 0.717) is 12.1 Å². The summed E-state index contributed by atoms with van der Waals surface area (Å²) < 4.78 is 0. The van der Waals surface area contributed by atoms with Gasteiger partial charge in [-0.2, -0.15) is 0 Å². The van der Waals surface area contributed by atoms with Crippen LogP contribution in [-0.4, -0.2) is 38.2 Å². The van der Waals surface area contributed by atoms with Crippen LogP contribution in [0.15, 0.2) is 12.3 Å². The summed E-state index contributed by atoms with van der Waals surface area (Å²) in [4.78, 5) is 16.0. The molecule has 0 amide bonds. The van der Waals surface area contributed by atoms with Crippen molar-refractivity contribution in [3.63, 3.8) is 0 Å². The lowest BCUT2D eigenvalue weighted by Crippen LogP contribution is -2.56. The minimum Gasteiger partial charge on any atom is -0.479 e. The van der Waals surface area contributed by atoms with Crippen molar-refractivity contribution in [2.45, 2.75) is 83.2 Å². The molecule has 4 N–H and O–H groups in total. The molecule has 0 spiro atoms. The normalized spacial score (nSPS) is 16.3. The van der Waals surface area contributed by atoms with Gasteiger partial charge in [-0.05, 0) is 62.1 Å². The molecule has 0 aliphatic heterocycles. The first kappa shape index (κ1) is 22.9. The predicted octanol–water partition coefficient (Wildman–Crippen LogP) is 3.46. The van der Waals surface area contributed by atoms with Crippen molar-refractivity contribution in [3.8, 4) is 0 Å². The molecule has 1 aromatic rings. The second-order valence-electron chi connectivity index (χ2n) is 7.64. The van der Waals surface area contributed by atoms with Gasteiger partial charge in [0.25, 0.3) is 0 Å². The van der Waals surface area contributed by atoms with Crippen molar-refractivity contribution in [3.05, 3.63) is 29.1 Å². The topological polar surface area (TPSA) is 96.4 Å². The number of alkyl halides is 1. The zero-order valence-electron chi connectivity index (χ0n) is 16.3. The number of hydrogen-bond donors (Lipinski definition) is 3. The summed E-state index contributed by atoms with van der Waals surface area (Å²) in [7, 11) is 0. The van der Waals surface area contributed by atoms with Crippen molar-refractivity contribution >= 4 is 17.6 Å².